The smallest absolute Gasteiger partial charge is 0.394 e. The lowest BCUT2D eigenvalue weighted by Gasteiger charge is -2.31. The molecule has 0 atom stereocenters. The van der Waals surface area contributed by atoms with Gasteiger partial charge in [0.25, 0.3) is 0 Å². The number of carbonyl (C=O) groups is 2. The summed E-state index contributed by atoms with van der Waals surface area (Å²) in [4.78, 5) is 23.4. The highest BCUT2D eigenvalue weighted by atomic mass is 16.5. The predicted molar refractivity (Wildman–Crippen MR) is 69.2 cm³/mol. The Morgan fingerprint density at radius 1 is 1.21 bits per heavy atom. The number of hydrogen-bond acceptors (Lipinski definition) is 3. The Morgan fingerprint density at radius 3 is 2.26 bits per heavy atom. The maximum atomic E-state index is 11.3. The molecule has 1 amide bonds. The van der Waals surface area contributed by atoms with Crippen LogP contribution < -0.4 is 4.74 Å². The molecular formula is C14H17NO4. The number of amides is 1. The summed E-state index contributed by atoms with van der Waals surface area (Å²) in [5.41, 5.74) is 1.21. The number of carbonyl (C=O) groups excluding carboxylic acids is 1. The lowest BCUT2D eigenvalue weighted by atomic mass is 9.89. The maximum absolute atomic E-state index is 11.3. The van der Waals surface area contributed by atoms with Gasteiger partial charge < -0.3 is 14.7 Å². The molecule has 0 aliphatic carbocycles. The van der Waals surface area contributed by atoms with Crippen molar-refractivity contribution in [1.29, 1.82) is 0 Å². The molecule has 5 nitrogen and oxygen atoms in total. The summed E-state index contributed by atoms with van der Waals surface area (Å²) < 4.78 is 5.11. The maximum Gasteiger partial charge on any atom is 0.394 e. The zero-order valence-corrected chi connectivity index (χ0v) is 10.8. The van der Waals surface area contributed by atoms with Crippen LogP contribution in [0.3, 0.4) is 0 Å². The van der Waals surface area contributed by atoms with Crippen LogP contribution in [-0.4, -0.2) is 42.1 Å². The van der Waals surface area contributed by atoms with Gasteiger partial charge >= 0.3 is 11.9 Å². The van der Waals surface area contributed by atoms with Gasteiger partial charge in [0.1, 0.15) is 5.75 Å². The highest BCUT2D eigenvalue weighted by Crippen LogP contribution is 2.29. The Bertz CT molecular complexity index is 461. The quantitative estimate of drug-likeness (QED) is 0.821. The first-order chi connectivity index (χ1) is 9.11. The van der Waals surface area contributed by atoms with E-state index in [1.165, 1.54) is 10.5 Å². The van der Waals surface area contributed by atoms with Crippen molar-refractivity contribution < 1.29 is 19.4 Å². The van der Waals surface area contributed by atoms with Crippen LogP contribution in [0.5, 0.6) is 5.75 Å². The third-order valence-electron chi connectivity index (χ3n) is 3.55. The van der Waals surface area contributed by atoms with Crippen LogP contribution in [-0.2, 0) is 9.59 Å². The summed E-state index contributed by atoms with van der Waals surface area (Å²) >= 11 is 0. The van der Waals surface area contributed by atoms with Crippen LogP contribution >= 0.6 is 0 Å². The van der Waals surface area contributed by atoms with E-state index in [0.29, 0.717) is 19.0 Å². The fourth-order valence-corrected chi connectivity index (χ4v) is 2.43. The summed E-state index contributed by atoms with van der Waals surface area (Å²) in [6.45, 7) is 1.00. The molecule has 1 saturated heterocycles. The molecule has 102 valence electrons. The van der Waals surface area contributed by atoms with Crippen LogP contribution in [0, 0.1) is 0 Å². The van der Waals surface area contributed by atoms with E-state index in [4.69, 9.17) is 9.84 Å². The number of benzene rings is 1. The lowest BCUT2D eigenvalue weighted by Crippen LogP contribution is -2.41. The van der Waals surface area contributed by atoms with E-state index in [0.717, 1.165) is 18.6 Å². The van der Waals surface area contributed by atoms with E-state index >= 15 is 0 Å². The van der Waals surface area contributed by atoms with Gasteiger partial charge in [0.2, 0.25) is 0 Å². The van der Waals surface area contributed by atoms with E-state index in [2.05, 4.69) is 0 Å². The highest BCUT2D eigenvalue weighted by molar-refractivity contribution is 6.31. The Hall–Kier alpha value is -2.04. The van der Waals surface area contributed by atoms with E-state index in [1.807, 2.05) is 24.3 Å². The van der Waals surface area contributed by atoms with Crippen molar-refractivity contribution in [2.45, 2.75) is 18.8 Å². The monoisotopic (exact) mass is 263 g/mol. The van der Waals surface area contributed by atoms with Gasteiger partial charge in [-0.05, 0) is 36.5 Å². The normalized spacial score (nSPS) is 16.2. The molecule has 2 rings (SSSR count). The molecular weight excluding hydrogens is 246 g/mol. The zero-order valence-electron chi connectivity index (χ0n) is 10.8. The third kappa shape index (κ3) is 3.05. The summed E-state index contributed by atoms with van der Waals surface area (Å²) in [7, 11) is 1.63. The molecule has 1 heterocycles. The molecule has 1 N–H and O–H groups in total. The minimum atomic E-state index is -1.37. The number of ether oxygens (including phenoxy) is 1. The Morgan fingerprint density at radius 2 is 1.79 bits per heavy atom. The molecule has 0 saturated carbocycles. The second-order valence-corrected chi connectivity index (χ2v) is 4.64. The Balaban J connectivity index is 1.95. The van der Waals surface area contributed by atoms with Crippen molar-refractivity contribution in [2.75, 3.05) is 20.2 Å². The van der Waals surface area contributed by atoms with E-state index < -0.39 is 11.9 Å². The van der Waals surface area contributed by atoms with E-state index in [-0.39, 0.29) is 0 Å². The fraction of sp³-hybridized carbons (Fsp3) is 0.429. The number of carboxylic acid groups (broad SMARTS) is 1. The Kier molecular flexibility index (Phi) is 4.04. The number of nitrogens with zero attached hydrogens (tertiary/aromatic N) is 1. The van der Waals surface area contributed by atoms with Crippen LogP contribution in [0.2, 0.25) is 0 Å². The van der Waals surface area contributed by atoms with Crippen molar-refractivity contribution in [3.05, 3.63) is 29.8 Å². The van der Waals surface area contributed by atoms with E-state index in [9.17, 15) is 9.59 Å². The van der Waals surface area contributed by atoms with Crippen molar-refractivity contribution in [3.63, 3.8) is 0 Å². The van der Waals surface area contributed by atoms with E-state index in [1.54, 1.807) is 7.11 Å². The van der Waals surface area contributed by atoms with Gasteiger partial charge in [-0.25, -0.2) is 4.79 Å². The Labute approximate surface area is 111 Å². The molecule has 1 aliphatic rings. The number of likely N-dealkylation sites (tertiary alicyclic amines) is 1. The molecule has 0 unspecified atom stereocenters. The van der Waals surface area contributed by atoms with Gasteiger partial charge in [0.15, 0.2) is 0 Å². The SMILES string of the molecule is COc1ccc(C2CCN(C(=O)C(=O)O)CC2)cc1. The fourth-order valence-electron chi connectivity index (χ4n) is 2.43. The molecule has 1 fully saturated rings. The van der Waals surface area contributed by atoms with Crippen LogP contribution in [0.4, 0.5) is 0 Å². The number of methoxy groups -OCH3 is 1. The van der Waals surface area contributed by atoms with Gasteiger partial charge in [-0.2, -0.15) is 0 Å². The first-order valence-corrected chi connectivity index (χ1v) is 6.28. The standard InChI is InChI=1S/C14H17NO4/c1-19-12-4-2-10(3-5-12)11-6-8-15(9-7-11)13(16)14(17)18/h2-5,11H,6-9H2,1H3,(H,17,18). The summed E-state index contributed by atoms with van der Waals surface area (Å²) in [5, 5.41) is 8.67. The molecule has 0 bridgehead atoms. The van der Waals surface area contributed by atoms with Gasteiger partial charge in [0, 0.05) is 13.1 Å². The number of aliphatic carboxylic acids is 1. The first kappa shape index (κ1) is 13.4. The van der Waals surface area contributed by atoms with Gasteiger partial charge in [-0.1, -0.05) is 12.1 Å². The second-order valence-electron chi connectivity index (χ2n) is 4.64. The average molecular weight is 263 g/mol. The molecule has 19 heavy (non-hydrogen) atoms. The molecule has 0 aromatic heterocycles. The number of carboxylic acids is 1. The zero-order chi connectivity index (χ0) is 13.8. The van der Waals surface area contributed by atoms with Gasteiger partial charge in [-0.3, -0.25) is 4.79 Å². The molecule has 0 radical (unpaired) electrons. The third-order valence-corrected chi connectivity index (χ3v) is 3.55. The van der Waals surface area contributed by atoms with Crippen molar-refractivity contribution in [1.82, 2.24) is 4.90 Å². The molecule has 1 aromatic carbocycles. The number of hydrogen-bond donors (Lipinski definition) is 1. The van der Waals surface area contributed by atoms with Crippen LogP contribution in [0.15, 0.2) is 24.3 Å². The topological polar surface area (TPSA) is 66.8 Å². The molecule has 0 spiro atoms. The second kappa shape index (κ2) is 5.73. The van der Waals surface area contributed by atoms with Gasteiger partial charge in [-0.15, -0.1) is 0 Å². The number of rotatable bonds is 2. The largest absolute Gasteiger partial charge is 0.497 e. The first-order valence-electron chi connectivity index (χ1n) is 6.28. The highest BCUT2D eigenvalue weighted by Gasteiger charge is 2.27. The minimum Gasteiger partial charge on any atom is -0.497 e. The van der Waals surface area contributed by atoms with Crippen LogP contribution in [0.25, 0.3) is 0 Å². The lowest BCUT2D eigenvalue weighted by molar-refractivity contribution is -0.156. The molecule has 1 aromatic rings. The van der Waals surface area contributed by atoms with Crippen molar-refractivity contribution >= 4 is 11.9 Å². The summed E-state index contributed by atoms with van der Waals surface area (Å²) in [6.07, 6.45) is 1.59. The minimum absolute atomic E-state index is 0.378. The van der Waals surface area contributed by atoms with Crippen LogP contribution in [0.1, 0.15) is 24.3 Å². The summed E-state index contributed by atoms with van der Waals surface area (Å²) in [5.74, 6) is -0.970. The summed E-state index contributed by atoms with van der Waals surface area (Å²) in [6, 6.07) is 7.89. The molecule has 1 aliphatic heterocycles. The molecule has 5 heteroatoms. The van der Waals surface area contributed by atoms with Crippen molar-refractivity contribution in [2.24, 2.45) is 0 Å². The average Bonchev–Trinajstić information content (AvgIpc) is 2.46. The van der Waals surface area contributed by atoms with Crippen molar-refractivity contribution in [3.8, 4) is 5.75 Å². The number of piperidine rings is 1. The van der Waals surface area contributed by atoms with Gasteiger partial charge in [0.05, 0.1) is 7.11 Å². The predicted octanol–water partition coefficient (Wildman–Crippen LogP) is 1.49.